The van der Waals surface area contributed by atoms with Gasteiger partial charge in [0.1, 0.15) is 22.6 Å². The molecule has 1 unspecified atom stereocenters. The zero-order valence-electron chi connectivity index (χ0n) is 16.8. The van der Waals surface area contributed by atoms with Gasteiger partial charge in [0, 0.05) is 24.5 Å². The molecule has 0 aliphatic rings. The van der Waals surface area contributed by atoms with E-state index in [2.05, 4.69) is 6.58 Å². The van der Waals surface area contributed by atoms with E-state index in [1.54, 1.807) is 6.92 Å². The lowest BCUT2D eigenvalue weighted by Gasteiger charge is -2.18. The Kier molecular flexibility index (Phi) is 6.67. The first kappa shape index (κ1) is 21.7. The number of fused-ring (bicyclic) bond motifs is 1. The lowest BCUT2D eigenvalue weighted by atomic mass is 9.90. The van der Waals surface area contributed by atoms with Crippen LogP contribution in [0, 0.1) is 5.92 Å². The fraction of sp³-hybridized carbons (Fsp3) is 0.455. The number of ketones is 1. The standard InChI is InChI=1S/C22H28O6/c1-6-7-13-9-17(25)28-22-14(10-15(23)12(4)5)20(26)19(21(27)18(13)22)16(24)8-11(2)3/h9,11,15,23,26-27H,4,6-8,10H2,1-3,5H3. The highest BCUT2D eigenvalue weighted by molar-refractivity contribution is 6.08. The summed E-state index contributed by atoms with van der Waals surface area (Å²) >= 11 is 0. The molecule has 152 valence electrons. The van der Waals surface area contributed by atoms with Gasteiger partial charge < -0.3 is 19.7 Å². The molecule has 6 heteroatoms. The molecule has 6 nitrogen and oxygen atoms in total. The van der Waals surface area contributed by atoms with Gasteiger partial charge in [-0.3, -0.25) is 4.79 Å². The first-order valence-electron chi connectivity index (χ1n) is 9.48. The number of phenolic OH excluding ortho intramolecular Hbond substituents is 2. The third-order valence-corrected chi connectivity index (χ3v) is 4.67. The maximum absolute atomic E-state index is 12.8. The summed E-state index contributed by atoms with van der Waals surface area (Å²) in [6, 6.07) is 1.29. The number of benzene rings is 1. The molecule has 28 heavy (non-hydrogen) atoms. The molecule has 2 rings (SSSR count). The molecule has 0 radical (unpaired) electrons. The van der Waals surface area contributed by atoms with E-state index < -0.39 is 23.3 Å². The summed E-state index contributed by atoms with van der Waals surface area (Å²) in [5.74, 6) is -1.24. The highest BCUT2D eigenvalue weighted by Gasteiger charge is 2.28. The second-order valence-electron chi connectivity index (χ2n) is 7.68. The molecule has 0 fully saturated rings. The van der Waals surface area contributed by atoms with Gasteiger partial charge in [-0.25, -0.2) is 4.79 Å². The summed E-state index contributed by atoms with van der Waals surface area (Å²) in [5.41, 5.74) is 0.287. The Morgan fingerprint density at radius 3 is 2.43 bits per heavy atom. The normalized spacial score (nSPS) is 12.5. The molecule has 0 bridgehead atoms. The predicted octanol–water partition coefficient (Wildman–Crippen LogP) is 3.87. The molecule has 0 saturated heterocycles. The van der Waals surface area contributed by atoms with Gasteiger partial charge in [-0.15, -0.1) is 0 Å². The summed E-state index contributed by atoms with van der Waals surface area (Å²) in [5, 5.41) is 32.2. The molecule has 0 aliphatic carbocycles. The van der Waals surface area contributed by atoms with Crippen LogP contribution in [-0.2, 0) is 12.8 Å². The van der Waals surface area contributed by atoms with Crippen molar-refractivity contribution in [2.24, 2.45) is 5.92 Å². The van der Waals surface area contributed by atoms with Crippen LogP contribution < -0.4 is 5.63 Å². The number of hydrogen-bond donors (Lipinski definition) is 3. The van der Waals surface area contributed by atoms with Gasteiger partial charge in [0.15, 0.2) is 5.78 Å². The Morgan fingerprint density at radius 2 is 1.89 bits per heavy atom. The number of carbonyl (C=O) groups is 1. The third-order valence-electron chi connectivity index (χ3n) is 4.67. The molecule has 2 aromatic rings. The highest BCUT2D eigenvalue weighted by Crippen LogP contribution is 2.42. The average molecular weight is 388 g/mol. The predicted molar refractivity (Wildman–Crippen MR) is 108 cm³/mol. The summed E-state index contributed by atoms with van der Waals surface area (Å²) in [7, 11) is 0. The van der Waals surface area contributed by atoms with Crippen molar-refractivity contribution in [2.75, 3.05) is 0 Å². The third kappa shape index (κ3) is 4.28. The minimum absolute atomic E-state index is 0.00709. The van der Waals surface area contributed by atoms with Crippen LogP contribution in [0.1, 0.15) is 62.0 Å². The first-order chi connectivity index (χ1) is 13.1. The van der Waals surface area contributed by atoms with E-state index in [0.29, 0.717) is 24.0 Å². The van der Waals surface area contributed by atoms with E-state index in [1.807, 2.05) is 20.8 Å². The maximum atomic E-state index is 12.8. The molecule has 3 N–H and O–H groups in total. The van der Waals surface area contributed by atoms with Gasteiger partial charge in [-0.05, 0) is 24.8 Å². The molecule has 1 heterocycles. The van der Waals surface area contributed by atoms with E-state index in [9.17, 15) is 24.9 Å². The smallest absolute Gasteiger partial charge is 0.336 e. The van der Waals surface area contributed by atoms with Crippen LogP contribution in [0.15, 0.2) is 27.4 Å². The van der Waals surface area contributed by atoms with Crippen LogP contribution in [0.5, 0.6) is 11.5 Å². The number of aliphatic hydroxyl groups excluding tert-OH is 1. The average Bonchev–Trinajstić information content (AvgIpc) is 2.57. The second kappa shape index (κ2) is 8.61. The Bertz CT molecular complexity index is 967. The minimum Gasteiger partial charge on any atom is -0.507 e. The molecule has 0 spiro atoms. The molecular formula is C22H28O6. The Morgan fingerprint density at radius 1 is 1.25 bits per heavy atom. The monoisotopic (exact) mass is 388 g/mol. The van der Waals surface area contributed by atoms with Crippen LogP contribution in [-0.4, -0.2) is 27.2 Å². The van der Waals surface area contributed by atoms with Gasteiger partial charge in [0.05, 0.1) is 11.5 Å². The van der Waals surface area contributed by atoms with Crippen LogP contribution in [0.25, 0.3) is 11.0 Å². The number of carbonyl (C=O) groups excluding carboxylic acids is 1. The number of phenols is 2. The molecule has 0 saturated carbocycles. The number of aromatic hydroxyl groups is 2. The van der Waals surface area contributed by atoms with Gasteiger partial charge in [0.2, 0.25) is 0 Å². The van der Waals surface area contributed by atoms with E-state index >= 15 is 0 Å². The lowest BCUT2D eigenvalue weighted by Crippen LogP contribution is -2.14. The maximum Gasteiger partial charge on any atom is 0.336 e. The van der Waals surface area contributed by atoms with Crippen LogP contribution in [0.2, 0.25) is 0 Å². The Labute approximate surface area is 164 Å². The number of Topliss-reactive ketones (excluding diaryl/α,β-unsaturated/α-hetero) is 1. The van der Waals surface area contributed by atoms with Gasteiger partial charge in [0.25, 0.3) is 0 Å². The van der Waals surface area contributed by atoms with E-state index in [1.165, 1.54) is 6.07 Å². The van der Waals surface area contributed by atoms with Crippen molar-refractivity contribution in [2.45, 2.75) is 59.5 Å². The highest BCUT2D eigenvalue weighted by atomic mass is 16.4. The number of hydrogen-bond acceptors (Lipinski definition) is 6. The Hall–Kier alpha value is -2.60. The minimum atomic E-state index is -1.01. The summed E-state index contributed by atoms with van der Waals surface area (Å²) < 4.78 is 5.31. The van der Waals surface area contributed by atoms with E-state index in [4.69, 9.17) is 4.42 Å². The van der Waals surface area contributed by atoms with E-state index in [-0.39, 0.29) is 46.6 Å². The largest absolute Gasteiger partial charge is 0.507 e. The van der Waals surface area contributed by atoms with Crippen LogP contribution >= 0.6 is 0 Å². The van der Waals surface area contributed by atoms with Crippen molar-refractivity contribution in [1.82, 2.24) is 0 Å². The molecule has 1 aromatic heterocycles. The van der Waals surface area contributed by atoms with Crippen molar-refractivity contribution in [1.29, 1.82) is 0 Å². The number of aliphatic hydroxyl groups is 1. The fourth-order valence-electron chi connectivity index (χ4n) is 3.27. The molecule has 0 aliphatic heterocycles. The van der Waals surface area contributed by atoms with Crippen molar-refractivity contribution >= 4 is 16.8 Å². The van der Waals surface area contributed by atoms with Crippen molar-refractivity contribution < 1.29 is 24.5 Å². The first-order valence-corrected chi connectivity index (χ1v) is 9.48. The molecule has 1 aromatic carbocycles. The molecule has 0 amide bonds. The van der Waals surface area contributed by atoms with Crippen LogP contribution in [0.3, 0.4) is 0 Å². The van der Waals surface area contributed by atoms with Crippen molar-refractivity contribution in [3.05, 3.63) is 45.3 Å². The SMILES string of the molecule is C=C(C)C(O)Cc1c(O)c(C(=O)CC(C)C)c(O)c2c(CCC)cc(=O)oc12. The summed E-state index contributed by atoms with van der Waals surface area (Å²) in [6.45, 7) is 11.0. The second-order valence-corrected chi connectivity index (χ2v) is 7.68. The van der Waals surface area contributed by atoms with Crippen LogP contribution in [0.4, 0.5) is 0 Å². The van der Waals surface area contributed by atoms with Gasteiger partial charge >= 0.3 is 5.63 Å². The zero-order chi connectivity index (χ0) is 21.2. The summed E-state index contributed by atoms with van der Waals surface area (Å²) in [6.07, 6.45) is 0.221. The molecule has 1 atom stereocenters. The summed E-state index contributed by atoms with van der Waals surface area (Å²) in [4.78, 5) is 24.8. The van der Waals surface area contributed by atoms with Gasteiger partial charge in [-0.1, -0.05) is 39.3 Å². The zero-order valence-corrected chi connectivity index (χ0v) is 16.8. The fourth-order valence-corrected chi connectivity index (χ4v) is 3.27. The quantitative estimate of drug-likeness (QED) is 0.360. The lowest BCUT2D eigenvalue weighted by molar-refractivity contribution is 0.0962. The topological polar surface area (TPSA) is 108 Å². The van der Waals surface area contributed by atoms with Crippen molar-refractivity contribution in [3.63, 3.8) is 0 Å². The Balaban J connectivity index is 2.92. The number of aryl methyl sites for hydroxylation is 1. The number of rotatable bonds is 8. The molecular weight excluding hydrogens is 360 g/mol. The van der Waals surface area contributed by atoms with Gasteiger partial charge in [-0.2, -0.15) is 0 Å². The van der Waals surface area contributed by atoms with Crippen molar-refractivity contribution in [3.8, 4) is 11.5 Å². The van der Waals surface area contributed by atoms with E-state index in [0.717, 1.165) is 0 Å².